The zero-order valence-electron chi connectivity index (χ0n) is 14.8. The van der Waals surface area contributed by atoms with Gasteiger partial charge in [0.15, 0.2) is 11.6 Å². The molecule has 0 N–H and O–H groups in total. The maximum absolute atomic E-state index is 13.8. The highest BCUT2D eigenvalue weighted by atomic mass is 32.1. The topological polar surface area (TPSA) is 42.4 Å². The van der Waals surface area contributed by atoms with E-state index >= 15 is 0 Å². The third-order valence-electron chi connectivity index (χ3n) is 4.00. The van der Waals surface area contributed by atoms with Crippen LogP contribution in [0.5, 0.6) is 5.75 Å². The highest BCUT2D eigenvalue weighted by molar-refractivity contribution is 7.13. The smallest absolute Gasteiger partial charge is 0.273 e. The number of carbonyl (C=O) groups excluding carboxylic acids is 1. The van der Waals surface area contributed by atoms with Gasteiger partial charge in [0.05, 0.1) is 7.11 Å². The predicted octanol–water partition coefficient (Wildman–Crippen LogP) is 4.54. The maximum Gasteiger partial charge on any atom is 0.273 e. The molecule has 6 heteroatoms. The molecular weight excluding hydrogens is 351 g/mol. The van der Waals surface area contributed by atoms with Crippen LogP contribution < -0.4 is 4.74 Å². The average Bonchev–Trinajstić information content (AvgIpc) is 3.12. The van der Waals surface area contributed by atoms with Gasteiger partial charge in [0, 0.05) is 24.5 Å². The van der Waals surface area contributed by atoms with Gasteiger partial charge in [-0.25, -0.2) is 9.37 Å². The number of rotatable bonds is 5. The van der Waals surface area contributed by atoms with Crippen LogP contribution in [0.25, 0.3) is 10.6 Å². The van der Waals surface area contributed by atoms with Gasteiger partial charge in [-0.2, -0.15) is 0 Å². The third kappa shape index (κ3) is 3.91. The molecule has 0 saturated carbocycles. The van der Waals surface area contributed by atoms with Crippen LogP contribution in [-0.2, 0) is 6.54 Å². The first-order valence-corrected chi connectivity index (χ1v) is 8.96. The Morgan fingerprint density at radius 3 is 2.62 bits per heavy atom. The number of hydrogen-bond acceptors (Lipinski definition) is 4. The van der Waals surface area contributed by atoms with Crippen LogP contribution in [0.3, 0.4) is 0 Å². The molecule has 134 valence electrons. The van der Waals surface area contributed by atoms with Gasteiger partial charge < -0.3 is 9.64 Å². The van der Waals surface area contributed by atoms with Gasteiger partial charge in [-0.15, -0.1) is 11.3 Å². The highest BCUT2D eigenvalue weighted by Gasteiger charge is 2.17. The third-order valence-corrected chi connectivity index (χ3v) is 4.90. The van der Waals surface area contributed by atoms with E-state index in [2.05, 4.69) is 4.98 Å². The summed E-state index contributed by atoms with van der Waals surface area (Å²) in [5, 5.41) is 2.56. The average molecular weight is 370 g/mol. The fraction of sp³-hybridized carbons (Fsp3) is 0.200. The van der Waals surface area contributed by atoms with E-state index in [-0.39, 0.29) is 18.2 Å². The molecule has 0 saturated heterocycles. The summed E-state index contributed by atoms with van der Waals surface area (Å²) in [5.74, 6) is -0.457. The zero-order chi connectivity index (χ0) is 18.7. The number of carbonyl (C=O) groups is 1. The molecule has 0 unspecified atom stereocenters. The van der Waals surface area contributed by atoms with Crippen molar-refractivity contribution in [2.45, 2.75) is 13.5 Å². The number of thiazole rings is 1. The van der Waals surface area contributed by atoms with Crippen molar-refractivity contribution in [3.05, 3.63) is 70.5 Å². The number of methoxy groups -OCH3 is 1. The van der Waals surface area contributed by atoms with Crippen molar-refractivity contribution < 1.29 is 13.9 Å². The second-order valence-corrected chi connectivity index (χ2v) is 6.89. The van der Waals surface area contributed by atoms with Crippen molar-refractivity contribution >= 4 is 17.2 Å². The van der Waals surface area contributed by atoms with Crippen LogP contribution in [0.15, 0.2) is 47.8 Å². The lowest BCUT2D eigenvalue weighted by molar-refractivity contribution is 0.0780. The number of amides is 1. The Balaban J connectivity index is 1.72. The van der Waals surface area contributed by atoms with Crippen molar-refractivity contribution in [1.29, 1.82) is 0 Å². The summed E-state index contributed by atoms with van der Waals surface area (Å²) in [6.07, 6.45) is 0. The normalized spacial score (nSPS) is 10.6. The van der Waals surface area contributed by atoms with Crippen molar-refractivity contribution in [2.24, 2.45) is 0 Å². The number of ether oxygens (including phenoxy) is 1. The van der Waals surface area contributed by atoms with Gasteiger partial charge >= 0.3 is 0 Å². The van der Waals surface area contributed by atoms with E-state index in [1.165, 1.54) is 35.0 Å². The minimum atomic E-state index is -0.443. The Morgan fingerprint density at radius 2 is 1.96 bits per heavy atom. The fourth-order valence-electron chi connectivity index (χ4n) is 2.55. The van der Waals surface area contributed by atoms with Crippen molar-refractivity contribution in [3.8, 4) is 16.3 Å². The Morgan fingerprint density at radius 1 is 1.23 bits per heavy atom. The lowest BCUT2D eigenvalue weighted by atomic mass is 10.2. The van der Waals surface area contributed by atoms with Crippen LogP contribution in [0.1, 0.15) is 21.6 Å². The second-order valence-electron chi connectivity index (χ2n) is 6.03. The predicted molar refractivity (Wildman–Crippen MR) is 101 cm³/mol. The number of benzene rings is 2. The molecule has 0 aliphatic heterocycles. The number of halogens is 1. The van der Waals surface area contributed by atoms with E-state index in [1.54, 1.807) is 24.6 Å². The molecule has 0 fully saturated rings. The van der Waals surface area contributed by atoms with Crippen LogP contribution in [0.2, 0.25) is 0 Å². The fourth-order valence-corrected chi connectivity index (χ4v) is 3.35. The lowest BCUT2D eigenvalue weighted by Crippen LogP contribution is -2.26. The number of nitrogens with zero attached hydrogens (tertiary/aromatic N) is 2. The van der Waals surface area contributed by atoms with E-state index in [9.17, 15) is 9.18 Å². The first-order chi connectivity index (χ1) is 12.5. The summed E-state index contributed by atoms with van der Waals surface area (Å²) in [4.78, 5) is 18.6. The molecule has 3 aromatic rings. The molecular formula is C20H19FN2O2S. The first-order valence-electron chi connectivity index (χ1n) is 8.08. The molecule has 2 aromatic carbocycles. The van der Waals surface area contributed by atoms with Gasteiger partial charge in [-0.05, 0) is 24.6 Å². The maximum atomic E-state index is 13.8. The molecule has 0 bridgehead atoms. The van der Waals surface area contributed by atoms with Crippen molar-refractivity contribution in [3.63, 3.8) is 0 Å². The summed E-state index contributed by atoms with van der Waals surface area (Å²) in [6, 6.07) is 12.7. The molecule has 0 aliphatic rings. The summed E-state index contributed by atoms with van der Waals surface area (Å²) >= 11 is 1.43. The Bertz CT molecular complexity index is 922. The highest BCUT2D eigenvalue weighted by Crippen LogP contribution is 2.25. The number of aromatic nitrogens is 1. The SMILES string of the molecule is COc1ccc(CN(C)C(=O)c2csc(-c3ccc(C)cc3)n2)cc1F. The number of aryl methyl sites for hydroxylation is 1. The summed E-state index contributed by atoms with van der Waals surface area (Å²) in [6.45, 7) is 2.31. The molecule has 0 spiro atoms. The zero-order valence-corrected chi connectivity index (χ0v) is 15.6. The molecule has 0 radical (unpaired) electrons. The van der Waals surface area contributed by atoms with Gasteiger partial charge in [0.2, 0.25) is 0 Å². The first kappa shape index (κ1) is 18.1. The van der Waals surface area contributed by atoms with Crippen LogP contribution in [0, 0.1) is 12.7 Å². The molecule has 4 nitrogen and oxygen atoms in total. The molecule has 1 amide bonds. The molecule has 1 aromatic heterocycles. The van der Waals surface area contributed by atoms with E-state index < -0.39 is 5.82 Å². The monoisotopic (exact) mass is 370 g/mol. The lowest BCUT2D eigenvalue weighted by Gasteiger charge is -2.16. The second kappa shape index (κ2) is 7.66. The summed E-state index contributed by atoms with van der Waals surface area (Å²) < 4.78 is 18.7. The standard InChI is InChI=1S/C20H19FN2O2S/c1-13-4-7-15(8-5-13)19-22-17(12-26-19)20(24)23(2)11-14-6-9-18(25-3)16(21)10-14/h4-10,12H,11H2,1-3H3. The minimum Gasteiger partial charge on any atom is -0.494 e. The Labute approximate surface area is 155 Å². The molecule has 26 heavy (non-hydrogen) atoms. The Hall–Kier alpha value is -2.73. The van der Waals surface area contributed by atoms with Crippen LogP contribution >= 0.6 is 11.3 Å². The van der Waals surface area contributed by atoms with Crippen LogP contribution in [0.4, 0.5) is 4.39 Å². The minimum absolute atomic E-state index is 0.185. The molecule has 0 atom stereocenters. The number of hydrogen-bond donors (Lipinski definition) is 0. The molecule has 0 aliphatic carbocycles. The summed E-state index contributed by atoms with van der Waals surface area (Å²) in [5.41, 5.74) is 3.24. The van der Waals surface area contributed by atoms with Gasteiger partial charge in [0.25, 0.3) is 5.91 Å². The molecule has 3 rings (SSSR count). The van der Waals surface area contributed by atoms with E-state index in [0.717, 1.165) is 10.6 Å². The van der Waals surface area contributed by atoms with Gasteiger partial charge in [-0.3, -0.25) is 4.79 Å². The van der Waals surface area contributed by atoms with Crippen molar-refractivity contribution in [1.82, 2.24) is 9.88 Å². The van der Waals surface area contributed by atoms with E-state index in [1.807, 2.05) is 31.2 Å². The quantitative estimate of drug-likeness (QED) is 0.662. The Kier molecular flexibility index (Phi) is 5.32. The van der Waals surface area contributed by atoms with E-state index in [4.69, 9.17) is 4.74 Å². The van der Waals surface area contributed by atoms with Gasteiger partial charge in [0.1, 0.15) is 10.7 Å². The largest absolute Gasteiger partial charge is 0.494 e. The van der Waals surface area contributed by atoms with Crippen LogP contribution in [-0.4, -0.2) is 29.9 Å². The van der Waals surface area contributed by atoms with Gasteiger partial charge in [-0.1, -0.05) is 35.9 Å². The van der Waals surface area contributed by atoms with Crippen molar-refractivity contribution in [2.75, 3.05) is 14.2 Å². The van der Waals surface area contributed by atoms with E-state index in [0.29, 0.717) is 11.3 Å². The summed E-state index contributed by atoms with van der Waals surface area (Å²) in [7, 11) is 3.09. The molecule has 1 heterocycles.